The lowest BCUT2D eigenvalue weighted by Gasteiger charge is -2.14. The first-order valence-corrected chi connectivity index (χ1v) is 10.9. The largest absolute Gasteiger partial charge is 0.479 e. The summed E-state index contributed by atoms with van der Waals surface area (Å²) in [6.07, 6.45) is 7.02. The van der Waals surface area contributed by atoms with E-state index in [0.717, 1.165) is 18.5 Å². The minimum absolute atomic E-state index is 0.192. The Morgan fingerprint density at radius 3 is 2.63 bits per heavy atom. The molecule has 1 heterocycles. The number of nitrogens with zero attached hydrogens (tertiary/aromatic N) is 1. The number of rotatable bonds is 4. The third-order valence-corrected chi connectivity index (χ3v) is 6.38. The van der Waals surface area contributed by atoms with Crippen molar-refractivity contribution in [3.05, 3.63) is 59.8 Å². The number of benzene rings is 2. The van der Waals surface area contributed by atoms with Crippen molar-refractivity contribution in [2.45, 2.75) is 0 Å². The van der Waals surface area contributed by atoms with Crippen LogP contribution in [0, 0.1) is 25.3 Å². The summed E-state index contributed by atoms with van der Waals surface area (Å²) in [5, 5.41) is 0. The molecule has 1 saturated heterocycles. The number of carbonyl (C=O) groups excluding carboxylic acids is 1. The number of halogens is 3. The minimum atomic E-state index is -0.419. The number of hydrogen-bond donors (Lipinski definition) is 0. The molecular formula is C19H10FI2NO2S2. The third kappa shape index (κ3) is 4.64. The van der Waals surface area contributed by atoms with Crippen molar-refractivity contribution < 1.29 is 13.9 Å². The monoisotopic (exact) mass is 621 g/mol. The highest BCUT2D eigenvalue weighted by Crippen LogP contribution is 2.37. The maximum atomic E-state index is 13.5. The summed E-state index contributed by atoms with van der Waals surface area (Å²) in [6.45, 7) is 0.192. The Bertz CT molecular complexity index is 994. The van der Waals surface area contributed by atoms with Gasteiger partial charge in [0.25, 0.3) is 5.91 Å². The Kier molecular flexibility index (Phi) is 6.78. The number of hydrogen-bond acceptors (Lipinski definition) is 4. The van der Waals surface area contributed by atoms with Gasteiger partial charge in [0.2, 0.25) is 0 Å². The molecule has 1 amide bonds. The zero-order valence-corrected chi connectivity index (χ0v) is 19.5. The van der Waals surface area contributed by atoms with Gasteiger partial charge in [-0.25, -0.2) is 4.39 Å². The molecule has 0 spiro atoms. The predicted octanol–water partition coefficient (Wildman–Crippen LogP) is 5.45. The average molecular weight is 621 g/mol. The standard InChI is InChI=1S/C19H10FI2NO2S2/c1-2-6-25-17-14(21)7-11(8-15(17)22)9-16-18(24)23(19(26)27-16)13-5-3-4-12(20)10-13/h1,3-5,7-10H,6H2/b16-9+. The van der Waals surface area contributed by atoms with E-state index < -0.39 is 5.82 Å². The second kappa shape index (κ2) is 8.89. The van der Waals surface area contributed by atoms with E-state index in [1.165, 1.54) is 28.8 Å². The zero-order chi connectivity index (χ0) is 19.6. The molecule has 0 aromatic heterocycles. The number of amides is 1. The lowest BCUT2D eigenvalue weighted by Crippen LogP contribution is -2.27. The summed E-state index contributed by atoms with van der Waals surface area (Å²) in [4.78, 5) is 14.6. The highest BCUT2D eigenvalue weighted by molar-refractivity contribution is 14.1. The first-order valence-electron chi connectivity index (χ1n) is 7.49. The molecule has 136 valence electrons. The SMILES string of the molecule is C#CCOc1c(I)cc(/C=C2/SC(=S)N(c3cccc(F)c3)C2=O)cc1I. The normalized spacial score (nSPS) is 15.3. The molecule has 2 aromatic rings. The Labute approximate surface area is 193 Å². The lowest BCUT2D eigenvalue weighted by molar-refractivity contribution is -0.113. The van der Waals surface area contributed by atoms with Crippen molar-refractivity contribution in [1.82, 2.24) is 0 Å². The van der Waals surface area contributed by atoms with Crippen LogP contribution >= 0.6 is 69.2 Å². The van der Waals surface area contributed by atoms with Crippen LogP contribution in [0.4, 0.5) is 10.1 Å². The van der Waals surface area contributed by atoms with Crippen molar-refractivity contribution in [3.8, 4) is 18.1 Å². The summed E-state index contributed by atoms with van der Waals surface area (Å²) in [6, 6.07) is 9.63. The van der Waals surface area contributed by atoms with E-state index in [1.54, 1.807) is 18.2 Å². The first kappa shape index (κ1) is 20.6. The summed E-state index contributed by atoms with van der Waals surface area (Å²) in [5.74, 6) is 2.48. The smallest absolute Gasteiger partial charge is 0.270 e. The van der Waals surface area contributed by atoms with Crippen LogP contribution < -0.4 is 9.64 Å². The average Bonchev–Trinajstić information content (AvgIpc) is 2.88. The van der Waals surface area contributed by atoms with E-state index >= 15 is 0 Å². The van der Waals surface area contributed by atoms with Gasteiger partial charge < -0.3 is 4.74 Å². The maximum absolute atomic E-state index is 13.5. The second-order valence-electron chi connectivity index (χ2n) is 5.30. The molecule has 0 atom stereocenters. The van der Waals surface area contributed by atoms with E-state index in [-0.39, 0.29) is 12.5 Å². The Morgan fingerprint density at radius 2 is 2.00 bits per heavy atom. The Morgan fingerprint density at radius 1 is 1.30 bits per heavy atom. The number of ether oxygens (including phenoxy) is 1. The van der Waals surface area contributed by atoms with Crippen LogP contribution in [-0.4, -0.2) is 16.8 Å². The molecule has 1 aliphatic rings. The lowest BCUT2D eigenvalue weighted by atomic mass is 10.2. The number of thiocarbonyl (C=S) groups is 1. The molecular weight excluding hydrogens is 611 g/mol. The second-order valence-corrected chi connectivity index (χ2v) is 9.30. The molecule has 3 rings (SSSR count). The van der Waals surface area contributed by atoms with Crippen LogP contribution in [-0.2, 0) is 4.79 Å². The number of carbonyl (C=O) groups is 1. The molecule has 2 aromatic carbocycles. The van der Waals surface area contributed by atoms with E-state index in [4.69, 9.17) is 23.4 Å². The molecule has 0 bridgehead atoms. The Balaban J connectivity index is 1.91. The fourth-order valence-corrected chi connectivity index (χ4v) is 5.80. The molecule has 0 unspecified atom stereocenters. The number of thioether (sulfide) groups is 1. The fraction of sp³-hybridized carbons (Fsp3) is 0.0526. The fourth-order valence-electron chi connectivity index (χ4n) is 2.37. The van der Waals surface area contributed by atoms with E-state index in [1.807, 2.05) is 12.1 Å². The third-order valence-electron chi connectivity index (χ3n) is 3.48. The minimum Gasteiger partial charge on any atom is -0.479 e. The van der Waals surface area contributed by atoms with Crippen LogP contribution in [0.25, 0.3) is 6.08 Å². The maximum Gasteiger partial charge on any atom is 0.270 e. The molecule has 27 heavy (non-hydrogen) atoms. The highest BCUT2D eigenvalue weighted by atomic mass is 127. The van der Waals surface area contributed by atoms with Crippen LogP contribution in [0.15, 0.2) is 41.3 Å². The summed E-state index contributed by atoms with van der Waals surface area (Å²) >= 11 is 10.8. The van der Waals surface area contributed by atoms with Crippen LogP contribution in [0.1, 0.15) is 5.56 Å². The van der Waals surface area contributed by atoms with Gasteiger partial charge in [-0.3, -0.25) is 9.69 Å². The van der Waals surface area contributed by atoms with Gasteiger partial charge in [0.1, 0.15) is 18.2 Å². The van der Waals surface area contributed by atoms with E-state index in [2.05, 4.69) is 51.1 Å². The van der Waals surface area contributed by atoms with Gasteiger partial charge in [-0.2, -0.15) is 0 Å². The molecule has 3 nitrogen and oxygen atoms in total. The van der Waals surface area contributed by atoms with Crippen LogP contribution in [0.2, 0.25) is 0 Å². The van der Waals surface area contributed by atoms with Gasteiger partial charge in [0.05, 0.1) is 17.7 Å². The van der Waals surface area contributed by atoms with Crippen molar-refractivity contribution in [1.29, 1.82) is 0 Å². The molecule has 1 fully saturated rings. The van der Waals surface area contributed by atoms with Crippen LogP contribution in [0.3, 0.4) is 0 Å². The molecule has 0 saturated carbocycles. The van der Waals surface area contributed by atoms with Crippen molar-refractivity contribution in [2.75, 3.05) is 11.5 Å². The first-order chi connectivity index (χ1) is 12.9. The number of terminal acetylenes is 1. The molecule has 0 aliphatic carbocycles. The zero-order valence-electron chi connectivity index (χ0n) is 13.5. The van der Waals surface area contributed by atoms with Crippen molar-refractivity contribution in [3.63, 3.8) is 0 Å². The topological polar surface area (TPSA) is 29.5 Å². The molecule has 1 aliphatic heterocycles. The highest BCUT2D eigenvalue weighted by Gasteiger charge is 2.33. The van der Waals surface area contributed by atoms with Crippen molar-refractivity contribution >= 4 is 91.2 Å². The van der Waals surface area contributed by atoms with Gasteiger partial charge in [-0.05, 0) is 87.2 Å². The molecule has 0 N–H and O–H groups in total. The van der Waals surface area contributed by atoms with E-state index in [0.29, 0.717) is 14.9 Å². The van der Waals surface area contributed by atoms with Crippen LogP contribution in [0.5, 0.6) is 5.75 Å². The van der Waals surface area contributed by atoms with Crippen molar-refractivity contribution in [2.24, 2.45) is 0 Å². The summed E-state index contributed by atoms with van der Waals surface area (Å²) in [5.41, 5.74) is 1.26. The summed E-state index contributed by atoms with van der Waals surface area (Å²) in [7, 11) is 0. The molecule has 8 heteroatoms. The van der Waals surface area contributed by atoms with Gasteiger partial charge in [0.15, 0.2) is 4.32 Å². The molecule has 0 radical (unpaired) electrons. The Hall–Kier alpha value is -1.16. The van der Waals surface area contributed by atoms with Gasteiger partial charge in [-0.15, -0.1) is 6.42 Å². The number of anilines is 1. The van der Waals surface area contributed by atoms with Gasteiger partial charge >= 0.3 is 0 Å². The van der Waals surface area contributed by atoms with Gasteiger partial charge in [-0.1, -0.05) is 36.0 Å². The quantitative estimate of drug-likeness (QED) is 0.197. The van der Waals surface area contributed by atoms with E-state index in [9.17, 15) is 9.18 Å². The van der Waals surface area contributed by atoms with Gasteiger partial charge in [0, 0.05) is 0 Å². The predicted molar refractivity (Wildman–Crippen MR) is 128 cm³/mol. The summed E-state index contributed by atoms with van der Waals surface area (Å²) < 4.78 is 21.2.